The lowest BCUT2D eigenvalue weighted by atomic mass is 9.83. The number of hydrogen-bond acceptors (Lipinski definition) is 3. The van der Waals surface area contributed by atoms with Crippen molar-refractivity contribution in [2.24, 2.45) is 17.8 Å². The molecule has 0 aromatic heterocycles. The van der Waals surface area contributed by atoms with E-state index >= 15 is 0 Å². The van der Waals surface area contributed by atoms with Crippen molar-refractivity contribution in [3.8, 4) is 0 Å². The van der Waals surface area contributed by atoms with Crippen LogP contribution in [0.3, 0.4) is 0 Å². The molecule has 0 saturated heterocycles. The van der Waals surface area contributed by atoms with Crippen LogP contribution in [0, 0.1) is 17.8 Å². The van der Waals surface area contributed by atoms with Crippen molar-refractivity contribution in [2.45, 2.75) is 51.7 Å². The zero-order valence-corrected chi connectivity index (χ0v) is 14.5. The van der Waals surface area contributed by atoms with Crippen LogP contribution >= 0.6 is 0 Å². The number of ether oxygens (including phenoxy) is 1. The largest absolute Gasteiger partial charge is 0.444 e. The minimum Gasteiger partial charge on any atom is -0.444 e. The van der Waals surface area contributed by atoms with Crippen LogP contribution in [0.15, 0.2) is 30.3 Å². The molecule has 2 bridgehead atoms. The summed E-state index contributed by atoms with van der Waals surface area (Å²) < 4.78 is 5.37. The van der Waals surface area contributed by atoms with Gasteiger partial charge in [-0.05, 0) is 64.0 Å². The van der Waals surface area contributed by atoms with Crippen LogP contribution in [0.2, 0.25) is 0 Å². The summed E-state index contributed by atoms with van der Waals surface area (Å²) in [5, 5.41) is 5.95. The van der Waals surface area contributed by atoms with E-state index in [0.717, 1.165) is 24.9 Å². The molecular weight excluding hydrogens is 304 g/mol. The molecular formula is C19H26N2O3. The number of amides is 2. The fraction of sp³-hybridized carbons (Fsp3) is 0.579. The number of fused-ring (bicyclic) bond motifs is 2. The molecule has 3 rings (SSSR count). The summed E-state index contributed by atoms with van der Waals surface area (Å²) in [5.74, 6) is 0.527. The lowest BCUT2D eigenvalue weighted by molar-refractivity contribution is -0.122. The molecule has 2 fully saturated rings. The third kappa shape index (κ3) is 3.71. The maximum Gasteiger partial charge on any atom is 0.407 e. The van der Waals surface area contributed by atoms with Gasteiger partial charge >= 0.3 is 6.09 Å². The second-order valence-electron chi connectivity index (χ2n) is 7.89. The van der Waals surface area contributed by atoms with Gasteiger partial charge < -0.3 is 15.4 Å². The first kappa shape index (κ1) is 16.8. The smallest absolute Gasteiger partial charge is 0.407 e. The second-order valence-corrected chi connectivity index (χ2v) is 7.89. The Hall–Kier alpha value is -2.04. The standard InChI is InChI=1S/C19H26N2O3/c1-19(2,3)24-18(23)21-16-13-10-9-12(11-13)15(16)17(22)20-14-7-5-4-6-8-14/h4-8,12-13,15-16H,9-11H2,1-3H3,(H,20,22)(H,21,23). The molecule has 2 amide bonds. The minimum atomic E-state index is -0.538. The average molecular weight is 330 g/mol. The SMILES string of the molecule is CC(C)(C)OC(=O)NC1C2CCC(C2)C1C(=O)Nc1ccccc1. The number of carbonyl (C=O) groups is 2. The van der Waals surface area contributed by atoms with Crippen LogP contribution in [-0.4, -0.2) is 23.6 Å². The van der Waals surface area contributed by atoms with Crippen molar-refractivity contribution < 1.29 is 14.3 Å². The molecule has 1 aromatic rings. The van der Waals surface area contributed by atoms with E-state index in [1.54, 1.807) is 0 Å². The fourth-order valence-corrected chi connectivity index (χ4v) is 4.07. The Kier molecular flexibility index (Phi) is 4.52. The van der Waals surface area contributed by atoms with Crippen LogP contribution in [0.4, 0.5) is 10.5 Å². The van der Waals surface area contributed by atoms with Crippen molar-refractivity contribution >= 4 is 17.7 Å². The highest BCUT2D eigenvalue weighted by Crippen LogP contribution is 2.49. The summed E-state index contributed by atoms with van der Waals surface area (Å²) >= 11 is 0. The van der Waals surface area contributed by atoms with Crippen LogP contribution in [0.5, 0.6) is 0 Å². The Morgan fingerprint density at radius 1 is 1.08 bits per heavy atom. The number of anilines is 1. The molecule has 2 aliphatic carbocycles. The van der Waals surface area contributed by atoms with Gasteiger partial charge in [0, 0.05) is 11.7 Å². The summed E-state index contributed by atoms with van der Waals surface area (Å²) in [6.45, 7) is 5.52. The summed E-state index contributed by atoms with van der Waals surface area (Å²) in [7, 11) is 0. The highest BCUT2D eigenvalue weighted by Gasteiger charge is 2.51. The van der Waals surface area contributed by atoms with Gasteiger partial charge in [-0.3, -0.25) is 4.79 Å². The van der Waals surface area contributed by atoms with Gasteiger partial charge in [-0.25, -0.2) is 4.79 Å². The van der Waals surface area contributed by atoms with Gasteiger partial charge in [0.25, 0.3) is 0 Å². The number of nitrogens with one attached hydrogen (secondary N) is 2. The quantitative estimate of drug-likeness (QED) is 0.890. The molecule has 5 nitrogen and oxygen atoms in total. The van der Waals surface area contributed by atoms with E-state index < -0.39 is 11.7 Å². The van der Waals surface area contributed by atoms with Crippen molar-refractivity contribution in [1.29, 1.82) is 0 Å². The molecule has 2 aliphatic rings. The highest BCUT2D eigenvalue weighted by molar-refractivity contribution is 5.94. The summed E-state index contributed by atoms with van der Waals surface area (Å²) in [5.41, 5.74) is 0.255. The lowest BCUT2D eigenvalue weighted by Gasteiger charge is -2.31. The molecule has 0 aliphatic heterocycles. The van der Waals surface area contributed by atoms with Crippen molar-refractivity contribution in [1.82, 2.24) is 5.32 Å². The van der Waals surface area contributed by atoms with E-state index in [0.29, 0.717) is 11.8 Å². The Bertz CT molecular complexity index is 609. The van der Waals surface area contributed by atoms with Gasteiger partial charge in [-0.15, -0.1) is 0 Å². The highest BCUT2D eigenvalue weighted by atomic mass is 16.6. The van der Waals surface area contributed by atoms with E-state index in [2.05, 4.69) is 10.6 Å². The molecule has 4 atom stereocenters. The van der Waals surface area contributed by atoms with Crippen molar-refractivity contribution in [3.05, 3.63) is 30.3 Å². The van der Waals surface area contributed by atoms with Crippen LogP contribution in [-0.2, 0) is 9.53 Å². The first-order valence-corrected chi connectivity index (χ1v) is 8.69. The minimum absolute atomic E-state index is 0.00513. The molecule has 2 N–H and O–H groups in total. The molecule has 4 unspecified atom stereocenters. The van der Waals surface area contributed by atoms with Crippen LogP contribution in [0.25, 0.3) is 0 Å². The molecule has 0 radical (unpaired) electrons. The Labute approximate surface area is 143 Å². The molecule has 24 heavy (non-hydrogen) atoms. The van der Waals surface area contributed by atoms with Crippen LogP contribution in [0.1, 0.15) is 40.0 Å². The third-order valence-corrected chi connectivity index (χ3v) is 4.94. The van der Waals surface area contributed by atoms with Crippen molar-refractivity contribution in [2.75, 3.05) is 5.32 Å². The number of alkyl carbamates (subject to hydrolysis) is 1. The molecule has 0 heterocycles. The summed E-state index contributed by atoms with van der Waals surface area (Å²) in [4.78, 5) is 24.9. The zero-order chi connectivity index (χ0) is 17.3. The predicted octanol–water partition coefficient (Wildman–Crippen LogP) is 3.56. The molecule has 5 heteroatoms. The van der Waals surface area contributed by atoms with Gasteiger partial charge in [0.05, 0.1) is 5.92 Å². The van der Waals surface area contributed by atoms with Crippen LogP contribution < -0.4 is 10.6 Å². The lowest BCUT2D eigenvalue weighted by Crippen LogP contribution is -2.49. The number of para-hydroxylation sites is 1. The van der Waals surface area contributed by atoms with E-state index in [4.69, 9.17) is 4.74 Å². The van der Waals surface area contributed by atoms with Gasteiger partial charge in [0.15, 0.2) is 0 Å². The summed E-state index contributed by atoms with van der Waals surface area (Å²) in [6.07, 6.45) is 2.70. The Morgan fingerprint density at radius 3 is 2.42 bits per heavy atom. The maximum absolute atomic E-state index is 12.8. The fourth-order valence-electron chi connectivity index (χ4n) is 4.07. The average Bonchev–Trinajstić information content (AvgIpc) is 3.07. The van der Waals surface area contributed by atoms with E-state index in [1.807, 2.05) is 51.1 Å². The van der Waals surface area contributed by atoms with E-state index in [1.165, 1.54) is 0 Å². The third-order valence-electron chi connectivity index (χ3n) is 4.94. The molecule has 2 saturated carbocycles. The van der Waals surface area contributed by atoms with Gasteiger partial charge in [0.1, 0.15) is 5.60 Å². The normalized spacial score (nSPS) is 28.5. The topological polar surface area (TPSA) is 67.4 Å². The van der Waals surface area contributed by atoms with Gasteiger partial charge in [-0.1, -0.05) is 18.2 Å². The van der Waals surface area contributed by atoms with E-state index in [9.17, 15) is 9.59 Å². The number of carbonyl (C=O) groups excluding carboxylic acids is 2. The van der Waals surface area contributed by atoms with Crippen molar-refractivity contribution in [3.63, 3.8) is 0 Å². The van der Waals surface area contributed by atoms with Gasteiger partial charge in [-0.2, -0.15) is 0 Å². The Morgan fingerprint density at radius 2 is 1.75 bits per heavy atom. The molecule has 130 valence electrons. The van der Waals surface area contributed by atoms with Gasteiger partial charge in [0.2, 0.25) is 5.91 Å². The molecule has 0 spiro atoms. The Balaban J connectivity index is 1.68. The summed E-state index contributed by atoms with van der Waals surface area (Å²) in [6, 6.07) is 9.32. The first-order chi connectivity index (χ1) is 11.3. The first-order valence-electron chi connectivity index (χ1n) is 8.69. The predicted molar refractivity (Wildman–Crippen MR) is 92.6 cm³/mol. The second kappa shape index (κ2) is 6.46. The zero-order valence-electron chi connectivity index (χ0n) is 14.5. The number of benzene rings is 1. The monoisotopic (exact) mass is 330 g/mol. The maximum atomic E-state index is 12.8. The molecule has 1 aromatic carbocycles. The number of rotatable bonds is 3. The number of hydrogen-bond donors (Lipinski definition) is 2. The van der Waals surface area contributed by atoms with E-state index in [-0.39, 0.29) is 17.9 Å².